The van der Waals surface area contributed by atoms with Crippen LogP contribution >= 0.6 is 0 Å². The van der Waals surface area contributed by atoms with Gasteiger partial charge in [0.2, 0.25) is 0 Å². The third-order valence-corrected chi connectivity index (χ3v) is 4.16. The number of aliphatic carboxylic acids is 1. The standard InChI is InChI=1S/C10H21NO4S/c1-3-16(14,15)9-5-8-11(2)7-4-6-10(12)13/h3-9H2,1-2H3,(H,12,13). The highest BCUT2D eigenvalue weighted by Gasteiger charge is 2.08. The second kappa shape index (κ2) is 7.62. The summed E-state index contributed by atoms with van der Waals surface area (Å²) in [5.41, 5.74) is 0. The Morgan fingerprint density at radius 1 is 1.25 bits per heavy atom. The summed E-state index contributed by atoms with van der Waals surface area (Å²) in [4.78, 5) is 12.2. The summed E-state index contributed by atoms with van der Waals surface area (Å²) in [6.07, 6.45) is 1.38. The van der Waals surface area contributed by atoms with Crippen LogP contribution in [-0.4, -0.2) is 56.0 Å². The summed E-state index contributed by atoms with van der Waals surface area (Å²) in [6.45, 7) is 3.03. The Morgan fingerprint density at radius 2 is 1.81 bits per heavy atom. The van der Waals surface area contributed by atoms with Gasteiger partial charge in [-0.1, -0.05) is 6.92 Å². The molecule has 0 aromatic heterocycles. The van der Waals surface area contributed by atoms with E-state index in [4.69, 9.17) is 5.11 Å². The molecule has 0 aromatic rings. The van der Waals surface area contributed by atoms with Gasteiger partial charge in [-0.3, -0.25) is 4.79 Å². The van der Waals surface area contributed by atoms with Crippen LogP contribution in [0.4, 0.5) is 0 Å². The molecule has 0 aliphatic carbocycles. The van der Waals surface area contributed by atoms with E-state index in [1.165, 1.54) is 0 Å². The lowest BCUT2D eigenvalue weighted by molar-refractivity contribution is -0.137. The Bertz CT molecular complexity index is 300. The van der Waals surface area contributed by atoms with Crippen molar-refractivity contribution in [1.82, 2.24) is 4.90 Å². The van der Waals surface area contributed by atoms with Crippen LogP contribution < -0.4 is 0 Å². The van der Waals surface area contributed by atoms with Crippen LogP contribution in [0.15, 0.2) is 0 Å². The Kier molecular flexibility index (Phi) is 7.33. The van der Waals surface area contributed by atoms with E-state index >= 15 is 0 Å². The maximum absolute atomic E-state index is 11.2. The Morgan fingerprint density at radius 3 is 2.31 bits per heavy atom. The molecule has 0 atom stereocenters. The van der Waals surface area contributed by atoms with Gasteiger partial charge in [-0.05, 0) is 33.0 Å². The molecule has 6 heteroatoms. The average molecular weight is 251 g/mol. The molecule has 0 bridgehead atoms. The van der Waals surface area contributed by atoms with Gasteiger partial charge in [0.15, 0.2) is 0 Å². The zero-order valence-corrected chi connectivity index (χ0v) is 10.8. The van der Waals surface area contributed by atoms with Crippen LogP contribution in [0.25, 0.3) is 0 Å². The van der Waals surface area contributed by atoms with Crippen molar-refractivity contribution in [3.05, 3.63) is 0 Å². The van der Waals surface area contributed by atoms with Crippen LogP contribution in [0.1, 0.15) is 26.2 Å². The number of hydrogen-bond acceptors (Lipinski definition) is 4. The van der Waals surface area contributed by atoms with E-state index in [9.17, 15) is 13.2 Å². The van der Waals surface area contributed by atoms with Crippen LogP contribution in [0.5, 0.6) is 0 Å². The Labute approximate surface area is 97.4 Å². The summed E-state index contributed by atoms with van der Waals surface area (Å²) in [6, 6.07) is 0. The molecule has 16 heavy (non-hydrogen) atoms. The molecule has 0 aliphatic heterocycles. The normalized spacial score (nSPS) is 11.9. The van der Waals surface area contributed by atoms with Crippen molar-refractivity contribution in [2.75, 3.05) is 31.6 Å². The molecule has 0 unspecified atom stereocenters. The summed E-state index contributed by atoms with van der Waals surface area (Å²) < 4.78 is 22.4. The van der Waals surface area contributed by atoms with Gasteiger partial charge in [0.1, 0.15) is 9.84 Å². The third-order valence-electron chi connectivity index (χ3n) is 2.37. The van der Waals surface area contributed by atoms with Gasteiger partial charge in [-0.15, -0.1) is 0 Å². The minimum atomic E-state index is -2.87. The first-order valence-electron chi connectivity index (χ1n) is 5.48. The van der Waals surface area contributed by atoms with E-state index in [1.54, 1.807) is 6.92 Å². The van der Waals surface area contributed by atoms with Gasteiger partial charge in [-0.2, -0.15) is 0 Å². The summed E-state index contributed by atoms with van der Waals surface area (Å²) >= 11 is 0. The van der Waals surface area contributed by atoms with E-state index in [0.717, 1.165) is 0 Å². The zero-order valence-electron chi connectivity index (χ0n) is 9.98. The molecule has 0 radical (unpaired) electrons. The molecule has 0 fully saturated rings. The first-order chi connectivity index (χ1) is 7.37. The van der Waals surface area contributed by atoms with E-state index in [1.807, 2.05) is 11.9 Å². The number of rotatable bonds is 9. The van der Waals surface area contributed by atoms with Crippen molar-refractivity contribution in [2.45, 2.75) is 26.2 Å². The van der Waals surface area contributed by atoms with Crippen LogP contribution in [0.3, 0.4) is 0 Å². The summed E-state index contributed by atoms with van der Waals surface area (Å²) in [5, 5.41) is 8.44. The smallest absolute Gasteiger partial charge is 0.303 e. The highest BCUT2D eigenvalue weighted by Crippen LogP contribution is 1.98. The fraction of sp³-hybridized carbons (Fsp3) is 0.900. The van der Waals surface area contributed by atoms with Gasteiger partial charge < -0.3 is 10.0 Å². The van der Waals surface area contributed by atoms with E-state index in [2.05, 4.69) is 0 Å². The molecule has 96 valence electrons. The number of carboxylic acids is 1. The fourth-order valence-electron chi connectivity index (χ4n) is 1.31. The minimum Gasteiger partial charge on any atom is -0.481 e. The predicted molar refractivity (Wildman–Crippen MR) is 63.3 cm³/mol. The highest BCUT2D eigenvalue weighted by atomic mass is 32.2. The number of hydrogen-bond donors (Lipinski definition) is 1. The molecule has 1 N–H and O–H groups in total. The molecule has 0 aromatic carbocycles. The average Bonchev–Trinajstić information content (AvgIpc) is 2.17. The fourth-order valence-corrected chi connectivity index (χ4v) is 2.17. The zero-order chi connectivity index (χ0) is 12.6. The topological polar surface area (TPSA) is 74.7 Å². The lowest BCUT2D eigenvalue weighted by Crippen LogP contribution is -2.23. The van der Waals surface area contributed by atoms with Crippen molar-refractivity contribution in [2.24, 2.45) is 0 Å². The molecule has 5 nitrogen and oxygen atoms in total. The van der Waals surface area contributed by atoms with Crippen molar-refractivity contribution < 1.29 is 18.3 Å². The van der Waals surface area contributed by atoms with Gasteiger partial charge >= 0.3 is 5.97 Å². The molecular formula is C10H21NO4S. The lowest BCUT2D eigenvalue weighted by Gasteiger charge is -2.15. The molecule has 0 aliphatic rings. The largest absolute Gasteiger partial charge is 0.481 e. The number of sulfone groups is 1. The van der Waals surface area contributed by atoms with Gasteiger partial charge in [0, 0.05) is 12.2 Å². The van der Waals surface area contributed by atoms with Crippen molar-refractivity contribution in [3.8, 4) is 0 Å². The van der Waals surface area contributed by atoms with E-state index in [0.29, 0.717) is 25.9 Å². The molecule has 0 saturated heterocycles. The highest BCUT2D eigenvalue weighted by molar-refractivity contribution is 7.91. The molecule has 0 rings (SSSR count). The van der Waals surface area contributed by atoms with E-state index in [-0.39, 0.29) is 17.9 Å². The SMILES string of the molecule is CCS(=O)(=O)CCCN(C)CCCC(=O)O. The van der Waals surface area contributed by atoms with Crippen molar-refractivity contribution in [1.29, 1.82) is 0 Å². The maximum atomic E-state index is 11.2. The third kappa shape index (κ3) is 8.67. The second-order valence-electron chi connectivity index (χ2n) is 3.89. The van der Waals surface area contributed by atoms with Crippen molar-refractivity contribution in [3.63, 3.8) is 0 Å². The lowest BCUT2D eigenvalue weighted by atomic mass is 10.3. The molecule has 0 heterocycles. The second-order valence-corrected chi connectivity index (χ2v) is 6.36. The molecule has 0 saturated carbocycles. The predicted octanol–water partition coefficient (Wildman–Crippen LogP) is 0.608. The number of carbonyl (C=O) groups is 1. The Hall–Kier alpha value is -0.620. The van der Waals surface area contributed by atoms with E-state index < -0.39 is 15.8 Å². The van der Waals surface area contributed by atoms with Crippen molar-refractivity contribution >= 4 is 15.8 Å². The van der Waals surface area contributed by atoms with Gasteiger partial charge in [0.05, 0.1) is 5.75 Å². The Balaban J connectivity index is 3.58. The van der Waals surface area contributed by atoms with Crippen LogP contribution in [-0.2, 0) is 14.6 Å². The monoisotopic (exact) mass is 251 g/mol. The quantitative estimate of drug-likeness (QED) is 0.650. The number of nitrogens with zero attached hydrogens (tertiary/aromatic N) is 1. The van der Waals surface area contributed by atoms with Gasteiger partial charge in [0.25, 0.3) is 0 Å². The molecule has 0 spiro atoms. The summed E-state index contributed by atoms with van der Waals surface area (Å²) in [7, 11) is -0.994. The first-order valence-corrected chi connectivity index (χ1v) is 7.30. The molecular weight excluding hydrogens is 230 g/mol. The first kappa shape index (κ1) is 15.4. The van der Waals surface area contributed by atoms with Crippen LogP contribution in [0.2, 0.25) is 0 Å². The minimum absolute atomic E-state index is 0.164. The van der Waals surface area contributed by atoms with Gasteiger partial charge in [-0.25, -0.2) is 8.42 Å². The number of carboxylic acid groups (broad SMARTS) is 1. The molecule has 0 amide bonds. The maximum Gasteiger partial charge on any atom is 0.303 e. The summed E-state index contributed by atoms with van der Waals surface area (Å²) in [5.74, 6) is -0.385. The van der Waals surface area contributed by atoms with Crippen LogP contribution in [0, 0.1) is 0 Å².